The average Bonchev–Trinajstić information content (AvgIpc) is 3.19. The lowest BCUT2D eigenvalue weighted by atomic mass is 9.82. The molecule has 2 N–H and O–H groups in total. The van der Waals surface area contributed by atoms with Crippen LogP contribution in [0.25, 0.3) is 0 Å². The zero-order valence-electron chi connectivity index (χ0n) is 17.3. The van der Waals surface area contributed by atoms with Crippen LogP contribution in [0.3, 0.4) is 0 Å². The molecule has 1 aromatic carbocycles. The molecule has 3 aliphatic rings. The second-order valence-corrected chi connectivity index (χ2v) is 8.49. The number of piperidine rings is 1. The number of fused-ring (bicyclic) bond motifs is 3. The Kier molecular flexibility index (Phi) is 6.69. The molecule has 3 atom stereocenters. The van der Waals surface area contributed by atoms with Crippen LogP contribution in [0.1, 0.15) is 24.8 Å². The summed E-state index contributed by atoms with van der Waals surface area (Å²) in [6.45, 7) is 3.72. The van der Waals surface area contributed by atoms with E-state index in [9.17, 15) is 14.7 Å². The Balaban J connectivity index is 1.45. The number of para-hydroxylation sites is 1. The van der Waals surface area contributed by atoms with Crippen LogP contribution >= 0.6 is 0 Å². The lowest BCUT2D eigenvalue weighted by Gasteiger charge is -2.37. The third-order valence-corrected chi connectivity index (χ3v) is 6.39. The molecule has 0 aliphatic carbocycles. The van der Waals surface area contributed by atoms with Crippen LogP contribution < -0.4 is 10.1 Å². The Labute approximate surface area is 177 Å². The molecular formula is C23H31N3O4. The number of benzene rings is 1. The van der Waals surface area contributed by atoms with Crippen molar-refractivity contribution in [1.29, 1.82) is 0 Å². The number of ether oxygens (including phenoxy) is 1. The number of β-amino-alcohol motifs (C(OH)–C–C–N with tert-alkyl or cyclic N) is 1. The van der Waals surface area contributed by atoms with Gasteiger partial charge in [-0.3, -0.25) is 9.59 Å². The van der Waals surface area contributed by atoms with Crippen molar-refractivity contribution in [1.82, 2.24) is 15.1 Å². The van der Waals surface area contributed by atoms with Gasteiger partial charge in [-0.2, -0.15) is 0 Å². The highest BCUT2D eigenvalue weighted by Crippen LogP contribution is 2.29. The number of carbonyl (C=O) groups is 2. The fraction of sp³-hybridized carbons (Fsp3) is 0.565. The Morgan fingerprint density at radius 2 is 2.03 bits per heavy atom. The summed E-state index contributed by atoms with van der Waals surface area (Å²) in [6, 6.07) is 7.87. The van der Waals surface area contributed by atoms with Gasteiger partial charge in [-0.05, 0) is 30.7 Å². The van der Waals surface area contributed by atoms with E-state index < -0.39 is 6.10 Å². The van der Waals surface area contributed by atoms with Crippen molar-refractivity contribution in [2.75, 3.05) is 39.3 Å². The minimum atomic E-state index is -0.397. The molecule has 1 aromatic rings. The molecule has 0 saturated carbocycles. The minimum absolute atomic E-state index is 0.0958. The van der Waals surface area contributed by atoms with Crippen molar-refractivity contribution in [3.05, 3.63) is 42.0 Å². The smallest absolute Gasteiger partial charge is 0.236 e. The largest absolute Gasteiger partial charge is 0.489 e. The lowest BCUT2D eigenvalue weighted by Crippen LogP contribution is -2.47. The second kappa shape index (κ2) is 9.62. The van der Waals surface area contributed by atoms with Gasteiger partial charge < -0.3 is 25.0 Å². The van der Waals surface area contributed by atoms with E-state index in [0.717, 1.165) is 17.7 Å². The van der Waals surface area contributed by atoms with Gasteiger partial charge >= 0.3 is 0 Å². The van der Waals surface area contributed by atoms with Crippen LogP contribution in [0, 0.1) is 11.8 Å². The molecule has 4 rings (SSSR count). The highest BCUT2D eigenvalue weighted by molar-refractivity contribution is 5.79. The van der Waals surface area contributed by atoms with Crippen LogP contribution in [-0.2, 0) is 16.1 Å². The van der Waals surface area contributed by atoms with E-state index in [-0.39, 0.29) is 23.7 Å². The Morgan fingerprint density at radius 3 is 2.87 bits per heavy atom. The molecule has 2 fully saturated rings. The number of nitrogens with one attached hydrogen (secondary N) is 1. The summed E-state index contributed by atoms with van der Waals surface area (Å²) in [5.74, 6) is 1.35. The van der Waals surface area contributed by atoms with Crippen LogP contribution in [0.4, 0.5) is 0 Å². The highest BCUT2D eigenvalue weighted by Gasteiger charge is 2.33. The minimum Gasteiger partial charge on any atom is -0.489 e. The molecule has 7 nitrogen and oxygen atoms in total. The maximum atomic E-state index is 12.7. The summed E-state index contributed by atoms with van der Waals surface area (Å²) in [7, 11) is 0. The maximum absolute atomic E-state index is 12.7. The maximum Gasteiger partial charge on any atom is 0.236 e. The number of carbonyl (C=O) groups excluding carboxylic acids is 2. The van der Waals surface area contributed by atoms with Crippen molar-refractivity contribution >= 4 is 11.8 Å². The zero-order chi connectivity index (χ0) is 20.9. The molecule has 3 heterocycles. The van der Waals surface area contributed by atoms with E-state index in [4.69, 9.17) is 4.74 Å². The molecule has 7 heteroatoms. The molecule has 2 amide bonds. The van der Waals surface area contributed by atoms with E-state index in [1.165, 1.54) is 0 Å². The second-order valence-electron chi connectivity index (χ2n) is 8.49. The van der Waals surface area contributed by atoms with Crippen molar-refractivity contribution in [3.63, 3.8) is 0 Å². The van der Waals surface area contributed by atoms with Crippen molar-refractivity contribution < 1.29 is 19.4 Å². The number of likely N-dealkylation sites (tertiary alicyclic amines) is 1. The number of hydrogen-bond acceptors (Lipinski definition) is 5. The summed E-state index contributed by atoms with van der Waals surface area (Å²) < 4.78 is 5.95. The normalized spacial score (nSPS) is 28.6. The fourth-order valence-corrected chi connectivity index (χ4v) is 4.63. The van der Waals surface area contributed by atoms with E-state index in [1.54, 1.807) is 4.90 Å². The Hall–Kier alpha value is -2.38. The number of aliphatic hydroxyl groups is 1. The van der Waals surface area contributed by atoms with Crippen molar-refractivity contribution in [3.8, 4) is 5.75 Å². The third-order valence-electron chi connectivity index (χ3n) is 6.39. The highest BCUT2D eigenvalue weighted by atomic mass is 16.5. The third kappa shape index (κ3) is 5.02. The van der Waals surface area contributed by atoms with Gasteiger partial charge in [0, 0.05) is 44.7 Å². The van der Waals surface area contributed by atoms with Gasteiger partial charge in [0.2, 0.25) is 11.8 Å². The first-order chi connectivity index (χ1) is 14.6. The van der Waals surface area contributed by atoms with E-state index >= 15 is 0 Å². The first-order valence-corrected chi connectivity index (χ1v) is 10.9. The SMILES string of the molecule is O=C(C[C@@H]1CCN2C[C@@H]1/C=C/COc1ccccc1CNCC2=O)N1CC[C@@H](O)C1. The molecule has 0 spiro atoms. The quantitative estimate of drug-likeness (QED) is 0.712. The molecule has 0 aromatic heterocycles. The summed E-state index contributed by atoms with van der Waals surface area (Å²) in [4.78, 5) is 29.1. The van der Waals surface area contributed by atoms with Gasteiger partial charge in [-0.25, -0.2) is 0 Å². The summed E-state index contributed by atoms with van der Waals surface area (Å²) >= 11 is 0. The number of aliphatic hydroxyl groups excluding tert-OH is 1. The van der Waals surface area contributed by atoms with E-state index in [1.807, 2.05) is 35.2 Å². The van der Waals surface area contributed by atoms with Gasteiger partial charge in [-0.15, -0.1) is 0 Å². The molecule has 3 aliphatic heterocycles. The van der Waals surface area contributed by atoms with E-state index in [0.29, 0.717) is 58.7 Å². The summed E-state index contributed by atoms with van der Waals surface area (Å²) in [5, 5.41) is 13.0. The molecule has 0 radical (unpaired) electrons. The molecular weight excluding hydrogens is 382 g/mol. The van der Waals surface area contributed by atoms with Gasteiger partial charge in [0.15, 0.2) is 0 Å². The zero-order valence-corrected chi connectivity index (χ0v) is 17.3. The van der Waals surface area contributed by atoms with Gasteiger partial charge in [0.25, 0.3) is 0 Å². The first kappa shape index (κ1) is 20.9. The Morgan fingerprint density at radius 1 is 1.17 bits per heavy atom. The molecule has 0 unspecified atom stereocenters. The van der Waals surface area contributed by atoms with Gasteiger partial charge in [0.1, 0.15) is 12.4 Å². The monoisotopic (exact) mass is 413 g/mol. The summed E-state index contributed by atoms with van der Waals surface area (Å²) in [5.41, 5.74) is 1.03. The predicted octanol–water partition coefficient (Wildman–Crippen LogP) is 1.17. The number of hydrogen-bond donors (Lipinski definition) is 2. The summed E-state index contributed by atoms with van der Waals surface area (Å²) in [6.07, 6.45) is 5.66. The topological polar surface area (TPSA) is 82.1 Å². The number of amides is 2. The van der Waals surface area contributed by atoms with Crippen LogP contribution in [0.15, 0.2) is 36.4 Å². The standard InChI is InChI=1S/C23H31N3O4/c27-20-8-10-26(16-20)22(28)12-17-7-9-25-15-19(17)5-3-11-30-21-6-2-1-4-18(21)13-24-14-23(25)29/h1-6,17,19-20,24,27H,7-16H2/b5-3+/t17-,19-,20+/m0/s1. The molecule has 2 bridgehead atoms. The first-order valence-electron chi connectivity index (χ1n) is 10.9. The number of nitrogens with zero attached hydrogens (tertiary/aromatic N) is 2. The predicted molar refractivity (Wildman–Crippen MR) is 113 cm³/mol. The lowest BCUT2D eigenvalue weighted by molar-refractivity contribution is -0.134. The van der Waals surface area contributed by atoms with Gasteiger partial charge in [-0.1, -0.05) is 30.4 Å². The average molecular weight is 414 g/mol. The Bertz CT molecular complexity index is 796. The van der Waals surface area contributed by atoms with Gasteiger partial charge in [0.05, 0.1) is 12.6 Å². The molecule has 30 heavy (non-hydrogen) atoms. The fourth-order valence-electron chi connectivity index (χ4n) is 4.63. The number of rotatable bonds is 2. The molecule has 2 saturated heterocycles. The van der Waals surface area contributed by atoms with Crippen molar-refractivity contribution in [2.24, 2.45) is 11.8 Å². The van der Waals surface area contributed by atoms with Crippen molar-refractivity contribution in [2.45, 2.75) is 31.9 Å². The van der Waals surface area contributed by atoms with E-state index in [2.05, 4.69) is 11.4 Å². The molecule has 162 valence electrons. The van der Waals surface area contributed by atoms with Crippen LogP contribution in [0.5, 0.6) is 5.75 Å². The van der Waals surface area contributed by atoms with Crippen LogP contribution in [-0.4, -0.2) is 72.2 Å². The van der Waals surface area contributed by atoms with Crippen LogP contribution in [0.2, 0.25) is 0 Å².